The average molecular weight is 538 g/mol. The number of aromatic nitrogens is 1. The number of rotatable bonds is 16. The fourth-order valence-electron chi connectivity index (χ4n) is 5.18. The van der Waals surface area contributed by atoms with Crippen LogP contribution in [0.15, 0.2) is 16.2 Å². The first kappa shape index (κ1) is 30.8. The molecule has 0 aliphatic carbocycles. The van der Waals surface area contributed by atoms with E-state index in [9.17, 15) is 20.1 Å². The smallest absolute Gasteiger partial charge is 0.305 e. The number of epoxide rings is 1. The molecule has 9 nitrogen and oxygen atoms in total. The molecular weight excluding hydrogens is 490 g/mol. The number of hydrogen-bond acceptors (Lipinski definition) is 9. The van der Waals surface area contributed by atoms with Crippen LogP contribution in [-0.4, -0.2) is 76.6 Å². The summed E-state index contributed by atoms with van der Waals surface area (Å²) in [4.78, 5) is 15.5. The third kappa shape index (κ3) is 9.45. The van der Waals surface area contributed by atoms with Gasteiger partial charge in [-0.2, -0.15) is 0 Å². The maximum Gasteiger partial charge on any atom is 0.305 e. The van der Waals surface area contributed by atoms with Crippen LogP contribution in [0.25, 0.3) is 6.08 Å². The molecule has 2 fully saturated rings. The van der Waals surface area contributed by atoms with Crippen molar-refractivity contribution in [1.29, 1.82) is 0 Å². The van der Waals surface area contributed by atoms with Crippen LogP contribution >= 0.6 is 0 Å². The van der Waals surface area contributed by atoms with E-state index in [1.54, 1.807) is 13.1 Å². The van der Waals surface area contributed by atoms with Crippen molar-refractivity contribution in [1.82, 2.24) is 4.98 Å². The fraction of sp³-hybridized carbons (Fsp3) is 0.793. The molecule has 3 N–H and O–H groups in total. The van der Waals surface area contributed by atoms with Gasteiger partial charge in [-0.15, -0.1) is 0 Å². The van der Waals surface area contributed by atoms with Crippen molar-refractivity contribution in [3.8, 4) is 0 Å². The van der Waals surface area contributed by atoms with E-state index in [0.717, 1.165) is 56.3 Å². The van der Waals surface area contributed by atoms with Gasteiger partial charge in [0.05, 0.1) is 50.4 Å². The van der Waals surface area contributed by atoms with E-state index < -0.39 is 24.4 Å². The van der Waals surface area contributed by atoms with Crippen LogP contribution in [0, 0.1) is 11.8 Å². The van der Waals surface area contributed by atoms with Crippen molar-refractivity contribution < 1.29 is 38.7 Å². The van der Waals surface area contributed by atoms with Gasteiger partial charge in [0.15, 0.2) is 0 Å². The van der Waals surface area contributed by atoms with Crippen LogP contribution in [0.4, 0.5) is 0 Å². The average Bonchev–Trinajstić information content (AvgIpc) is 3.52. The Morgan fingerprint density at radius 3 is 2.55 bits per heavy atom. The normalized spacial score (nSPS) is 29.2. The first-order valence-electron chi connectivity index (χ1n) is 14.2. The van der Waals surface area contributed by atoms with Gasteiger partial charge in [0.25, 0.3) is 0 Å². The third-order valence-corrected chi connectivity index (χ3v) is 7.92. The van der Waals surface area contributed by atoms with Gasteiger partial charge in [0.2, 0.25) is 5.89 Å². The van der Waals surface area contributed by atoms with E-state index in [-0.39, 0.29) is 30.0 Å². The maximum absolute atomic E-state index is 11.1. The zero-order valence-electron chi connectivity index (χ0n) is 23.4. The summed E-state index contributed by atoms with van der Waals surface area (Å²) in [5.74, 6) is 1.09. The second-order valence-electron chi connectivity index (χ2n) is 11.1. The number of carbonyl (C=O) groups excluding carboxylic acids is 1. The Morgan fingerprint density at radius 1 is 1.13 bits per heavy atom. The van der Waals surface area contributed by atoms with E-state index >= 15 is 0 Å². The monoisotopic (exact) mass is 537 g/mol. The van der Waals surface area contributed by atoms with Gasteiger partial charge in [-0.1, -0.05) is 38.2 Å². The number of aryl methyl sites for hydroxylation is 1. The summed E-state index contributed by atoms with van der Waals surface area (Å²) in [5, 5.41) is 31.2. The molecule has 1 aromatic heterocycles. The van der Waals surface area contributed by atoms with E-state index in [1.165, 1.54) is 7.11 Å². The highest BCUT2D eigenvalue weighted by Crippen LogP contribution is 2.38. The minimum Gasteiger partial charge on any atom is -0.469 e. The quantitative estimate of drug-likeness (QED) is 0.163. The van der Waals surface area contributed by atoms with Crippen LogP contribution in [-0.2, 0) is 25.4 Å². The van der Waals surface area contributed by atoms with Gasteiger partial charge in [-0.25, -0.2) is 4.98 Å². The molecule has 0 amide bonds. The van der Waals surface area contributed by atoms with Gasteiger partial charge in [0, 0.05) is 24.7 Å². The fourth-order valence-corrected chi connectivity index (χ4v) is 5.18. The van der Waals surface area contributed by atoms with Crippen LogP contribution < -0.4 is 0 Å². The summed E-state index contributed by atoms with van der Waals surface area (Å²) >= 11 is 0. The van der Waals surface area contributed by atoms with Crippen molar-refractivity contribution in [3.63, 3.8) is 0 Å². The Balaban J connectivity index is 1.34. The standard InChI is InChI=1S/C29H47NO8/c1-18(14-25-30-16-22(37-25)11-9-7-5-6-8-10-12-26(32)35-4)13-23-28(34)27(33)21(17-36-23)15-24-29(38-24)19(2)20(3)31/h14,16,19-21,23-24,27-29,31,33-34H,5-13,15,17H2,1-4H3/b18-14+/t19-,20-,21-,23-,24-,27+,28-,29-/m0/s1. The summed E-state index contributed by atoms with van der Waals surface area (Å²) in [5.41, 5.74) is 0.955. The molecule has 38 heavy (non-hydrogen) atoms. The van der Waals surface area contributed by atoms with Gasteiger partial charge < -0.3 is 33.9 Å². The Hall–Kier alpha value is -1.78. The Morgan fingerprint density at radius 2 is 1.84 bits per heavy atom. The highest BCUT2D eigenvalue weighted by atomic mass is 16.6. The number of unbranched alkanes of at least 4 members (excludes halogenated alkanes) is 5. The molecule has 2 aliphatic heterocycles. The molecule has 0 radical (unpaired) electrons. The van der Waals surface area contributed by atoms with E-state index in [2.05, 4.69) is 9.72 Å². The number of ether oxygens (including phenoxy) is 3. The van der Waals surface area contributed by atoms with Crippen molar-refractivity contribution in [2.24, 2.45) is 11.8 Å². The Labute approximate surface area is 226 Å². The van der Waals surface area contributed by atoms with Gasteiger partial charge in [0.1, 0.15) is 11.9 Å². The number of oxazole rings is 1. The number of nitrogens with zero attached hydrogens (tertiary/aromatic N) is 1. The molecule has 8 atom stereocenters. The number of esters is 1. The van der Waals surface area contributed by atoms with E-state index in [4.69, 9.17) is 13.9 Å². The lowest BCUT2D eigenvalue weighted by Crippen LogP contribution is -2.50. The summed E-state index contributed by atoms with van der Waals surface area (Å²) in [7, 11) is 1.42. The first-order chi connectivity index (χ1) is 18.2. The largest absolute Gasteiger partial charge is 0.469 e. The van der Waals surface area contributed by atoms with Gasteiger partial charge in [-0.05, 0) is 45.6 Å². The van der Waals surface area contributed by atoms with Crippen LogP contribution in [0.1, 0.15) is 90.2 Å². The number of aliphatic hydroxyl groups is 3. The summed E-state index contributed by atoms with van der Waals surface area (Å²) < 4.78 is 22.2. The minimum atomic E-state index is -0.982. The first-order valence-corrected chi connectivity index (χ1v) is 14.2. The van der Waals surface area contributed by atoms with Crippen molar-refractivity contribution in [2.45, 2.75) is 122 Å². The minimum absolute atomic E-state index is 0.00257. The zero-order chi connectivity index (χ0) is 27.7. The van der Waals surface area contributed by atoms with Gasteiger partial charge >= 0.3 is 5.97 Å². The lowest BCUT2D eigenvalue weighted by molar-refractivity contribution is -0.165. The molecule has 3 rings (SSSR count). The topological polar surface area (TPSA) is 135 Å². The molecule has 1 aromatic rings. The van der Waals surface area contributed by atoms with Crippen LogP contribution in [0.5, 0.6) is 0 Å². The molecule has 0 aromatic carbocycles. The highest BCUT2D eigenvalue weighted by Gasteiger charge is 2.48. The highest BCUT2D eigenvalue weighted by molar-refractivity contribution is 5.68. The van der Waals surface area contributed by atoms with Crippen LogP contribution in [0.2, 0.25) is 0 Å². The third-order valence-electron chi connectivity index (χ3n) is 7.92. The van der Waals surface area contributed by atoms with Crippen LogP contribution in [0.3, 0.4) is 0 Å². The molecule has 9 heteroatoms. The summed E-state index contributed by atoms with van der Waals surface area (Å²) in [6, 6.07) is 0. The predicted molar refractivity (Wildman–Crippen MR) is 142 cm³/mol. The molecule has 216 valence electrons. The second kappa shape index (κ2) is 15.1. The molecular formula is C29H47NO8. The number of aliphatic hydroxyl groups excluding tert-OH is 3. The molecule has 0 saturated carbocycles. The second-order valence-corrected chi connectivity index (χ2v) is 11.1. The Bertz CT molecular complexity index is 884. The molecule has 0 unspecified atom stereocenters. The zero-order valence-corrected chi connectivity index (χ0v) is 23.4. The predicted octanol–water partition coefficient (Wildman–Crippen LogP) is 3.83. The molecule has 2 aliphatic rings. The van der Waals surface area contributed by atoms with Crippen molar-refractivity contribution in [3.05, 3.63) is 23.4 Å². The summed E-state index contributed by atoms with van der Waals surface area (Å²) in [6.45, 7) is 6.02. The molecule has 2 saturated heterocycles. The number of hydrogen-bond donors (Lipinski definition) is 3. The number of methoxy groups -OCH3 is 1. The van der Waals surface area contributed by atoms with E-state index in [1.807, 2.05) is 19.9 Å². The van der Waals surface area contributed by atoms with Crippen molar-refractivity contribution >= 4 is 12.0 Å². The van der Waals surface area contributed by atoms with E-state index in [0.29, 0.717) is 31.8 Å². The lowest BCUT2D eigenvalue weighted by atomic mass is 9.85. The Kier molecular flexibility index (Phi) is 12.2. The molecule has 3 heterocycles. The maximum atomic E-state index is 11.1. The summed E-state index contributed by atoms with van der Waals surface area (Å²) in [6.07, 6.45) is 9.53. The molecule has 0 spiro atoms. The molecule has 0 bridgehead atoms. The van der Waals surface area contributed by atoms with Gasteiger partial charge in [-0.3, -0.25) is 4.79 Å². The number of carbonyl (C=O) groups is 1. The lowest BCUT2D eigenvalue weighted by Gasteiger charge is -2.38. The van der Waals surface area contributed by atoms with Crippen molar-refractivity contribution in [2.75, 3.05) is 13.7 Å². The SMILES string of the molecule is COC(=O)CCCCCCCCc1cnc(/C=C(\C)C[C@@H]2OC[C@H](C[C@@H]3O[C@H]3[C@@H](C)[C@H](C)O)[C@@H](O)[C@H]2O)o1.